The summed E-state index contributed by atoms with van der Waals surface area (Å²) in [6, 6.07) is 13.2. The number of carboxylic acids is 1. The van der Waals surface area contributed by atoms with Crippen molar-refractivity contribution in [1.82, 2.24) is 9.88 Å². The van der Waals surface area contributed by atoms with E-state index in [2.05, 4.69) is 9.88 Å². The van der Waals surface area contributed by atoms with Crippen LogP contribution in [0.15, 0.2) is 48.7 Å². The summed E-state index contributed by atoms with van der Waals surface area (Å²) in [5, 5.41) is 9.34. The van der Waals surface area contributed by atoms with Gasteiger partial charge in [0.05, 0.1) is 5.69 Å². The van der Waals surface area contributed by atoms with Gasteiger partial charge in [0.25, 0.3) is 0 Å². The lowest BCUT2D eigenvalue weighted by Gasteiger charge is -2.32. The fourth-order valence-corrected chi connectivity index (χ4v) is 3.03. The number of hydrogen-bond donors (Lipinski definition) is 1. The number of carboxylic acid groups (broad SMARTS) is 1. The molecule has 5 heteroatoms. The standard InChI is InChI=1S/C19H22N2O3/c22-19(23)18-6-2-4-12-21(18)13-15-7-9-17(10-8-15)24-14-16-5-1-3-11-20-16/h1,3,5,7-11,18H,2,4,6,12-14H2,(H,22,23). The van der Waals surface area contributed by atoms with Crippen LogP contribution < -0.4 is 4.74 Å². The van der Waals surface area contributed by atoms with Gasteiger partial charge in [0.2, 0.25) is 0 Å². The average molecular weight is 326 g/mol. The molecule has 0 bridgehead atoms. The molecule has 0 saturated carbocycles. The van der Waals surface area contributed by atoms with E-state index in [-0.39, 0.29) is 6.04 Å². The fourth-order valence-electron chi connectivity index (χ4n) is 3.03. The van der Waals surface area contributed by atoms with Crippen LogP contribution in [-0.2, 0) is 17.9 Å². The molecule has 1 aromatic carbocycles. The summed E-state index contributed by atoms with van der Waals surface area (Å²) in [7, 11) is 0. The van der Waals surface area contributed by atoms with E-state index in [1.165, 1.54) is 0 Å². The molecular formula is C19H22N2O3. The van der Waals surface area contributed by atoms with Crippen LogP contribution in [0.2, 0.25) is 0 Å². The highest BCUT2D eigenvalue weighted by Crippen LogP contribution is 2.21. The van der Waals surface area contributed by atoms with Crippen molar-refractivity contribution in [3.63, 3.8) is 0 Å². The van der Waals surface area contributed by atoms with E-state index >= 15 is 0 Å². The number of hydrogen-bond acceptors (Lipinski definition) is 4. The molecule has 0 amide bonds. The Morgan fingerprint density at radius 3 is 2.75 bits per heavy atom. The maximum atomic E-state index is 11.4. The van der Waals surface area contributed by atoms with E-state index in [0.717, 1.165) is 42.8 Å². The molecule has 1 aliphatic rings. The van der Waals surface area contributed by atoms with Crippen molar-refractivity contribution < 1.29 is 14.6 Å². The predicted octanol–water partition coefficient (Wildman–Crippen LogP) is 3.10. The average Bonchev–Trinajstić information content (AvgIpc) is 2.62. The zero-order valence-electron chi connectivity index (χ0n) is 13.6. The van der Waals surface area contributed by atoms with Crippen molar-refractivity contribution in [1.29, 1.82) is 0 Å². The highest BCUT2D eigenvalue weighted by Gasteiger charge is 2.28. The zero-order chi connectivity index (χ0) is 16.8. The summed E-state index contributed by atoms with van der Waals surface area (Å²) >= 11 is 0. The Kier molecular flexibility index (Phi) is 5.43. The first-order valence-electron chi connectivity index (χ1n) is 8.31. The Hall–Kier alpha value is -2.40. The Balaban J connectivity index is 1.57. The number of carbonyl (C=O) groups is 1. The van der Waals surface area contributed by atoms with Crippen molar-refractivity contribution in [2.24, 2.45) is 0 Å². The van der Waals surface area contributed by atoms with Crippen molar-refractivity contribution in [2.45, 2.75) is 38.5 Å². The summed E-state index contributed by atoms with van der Waals surface area (Å²) in [4.78, 5) is 17.6. The van der Waals surface area contributed by atoms with Gasteiger partial charge < -0.3 is 9.84 Å². The van der Waals surface area contributed by atoms with Crippen molar-refractivity contribution >= 4 is 5.97 Å². The van der Waals surface area contributed by atoms with E-state index in [4.69, 9.17) is 4.74 Å². The molecular weight excluding hydrogens is 304 g/mol. The van der Waals surface area contributed by atoms with Gasteiger partial charge in [-0.2, -0.15) is 0 Å². The Morgan fingerprint density at radius 1 is 1.21 bits per heavy atom. The molecule has 0 aliphatic carbocycles. The SMILES string of the molecule is O=C(O)C1CCCCN1Cc1ccc(OCc2ccccn2)cc1. The second kappa shape index (κ2) is 7.93. The zero-order valence-corrected chi connectivity index (χ0v) is 13.6. The minimum atomic E-state index is -0.718. The number of likely N-dealkylation sites (tertiary alicyclic amines) is 1. The summed E-state index contributed by atoms with van der Waals surface area (Å²) in [6.45, 7) is 1.94. The Morgan fingerprint density at radius 2 is 2.04 bits per heavy atom. The number of aromatic nitrogens is 1. The van der Waals surface area contributed by atoms with Gasteiger partial charge in [-0.15, -0.1) is 0 Å². The van der Waals surface area contributed by atoms with Gasteiger partial charge in [-0.3, -0.25) is 14.7 Å². The van der Waals surface area contributed by atoms with Gasteiger partial charge >= 0.3 is 5.97 Å². The van der Waals surface area contributed by atoms with Gasteiger partial charge in [0.15, 0.2) is 0 Å². The number of benzene rings is 1. The monoisotopic (exact) mass is 326 g/mol. The van der Waals surface area contributed by atoms with Gasteiger partial charge in [0.1, 0.15) is 18.4 Å². The van der Waals surface area contributed by atoms with Crippen LogP contribution in [0.5, 0.6) is 5.75 Å². The molecule has 1 aromatic heterocycles. The van der Waals surface area contributed by atoms with E-state index in [1.807, 2.05) is 42.5 Å². The van der Waals surface area contributed by atoms with Crippen LogP contribution in [0.25, 0.3) is 0 Å². The minimum absolute atomic E-state index is 0.362. The Labute approximate surface area is 141 Å². The van der Waals surface area contributed by atoms with Crippen LogP contribution >= 0.6 is 0 Å². The normalized spacial score (nSPS) is 18.2. The van der Waals surface area contributed by atoms with Crippen LogP contribution in [0, 0.1) is 0 Å². The van der Waals surface area contributed by atoms with Crippen LogP contribution in [0.4, 0.5) is 0 Å². The van der Waals surface area contributed by atoms with E-state index in [1.54, 1.807) is 6.20 Å². The third-order valence-electron chi connectivity index (χ3n) is 4.32. The first-order valence-corrected chi connectivity index (χ1v) is 8.31. The van der Waals surface area contributed by atoms with Crippen molar-refractivity contribution in [3.05, 3.63) is 59.9 Å². The molecule has 1 saturated heterocycles. The molecule has 1 N–H and O–H groups in total. The molecule has 1 fully saturated rings. The second-order valence-corrected chi connectivity index (χ2v) is 6.07. The number of rotatable bonds is 6. The number of ether oxygens (including phenoxy) is 1. The third kappa shape index (κ3) is 4.32. The lowest BCUT2D eigenvalue weighted by Crippen LogP contribution is -2.43. The molecule has 1 atom stereocenters. The first-order chi connectivity index (χ1) is 11.7. The summed E-state index contributed by atoms with van der Waals surface area (Å²) < 4.78 is 5.73. The van der Waals surface area contributed by atoms with Crippen LogP contribution in [0.3, 0.4) is 0 Å². The molecule has 2 heterocycles. The number of piperidine rings is 1. The summed E-state index contributed by atoms with van der Waals surface area (Å²) in [6.07, 6.45) is 4.54. The van der Waals surface area contributed by atoms with E-state index < -0.39 is 5.97 Å². The molecule has 2 aromatic rings. The topological polar surface area (TPSA) is 62.7 Å². The number of nitrogens with zero attached hydrogens (tertiary/aromatic N) is 2. The highest BCUT2D eigenvalue weighted by molar-refractivity contribution is 5.73. The van der Waals surface area contributed by atoms with Gasteiger partial charge in [0, 0.05) is 12.7 Å². The van der Waals surface area contributed by atoms with Crippen LogP contribution in [-0.4, -0.2) is 33.5 Å². The Bertz CT molecular complexity index is 658. The van der Waals surface area contributed by atoms with Gasteiger partial charge in [-0.05, 0) is 49.2 Å². The molecule has 126 valence electrons. The summed E-state index contributed by atoms with van der Waals surface area (Å²) in [5.74, 6) is 0.0721. The third-order valence-corrected chi connectivity index (χ3v) is 4.32. The largest absolute Gasteiger partial charge is 0.487 e. The second-order valence-electron chi connectivity index (χ2n) is 6.07. The molecule has 0 spiro atoms. The quantitative estimate of drug-likeness (QED) is 0.884. The summed E-state index contributed by atoms with van der Waals surface area (Å²) in [5.41, 5.74) is 1.99. The van der Waals surface area contributed by atoms with Gasteiger partial charge in [-0.1, -0.05) is 24.6 Å². The van der Waals surface area contributed by atoms with E-state index in [9.17, 15) is 9.90 Å². The lowest BCUT2D eigenvalue weighted by molar-refractivity contribution is -0.144. The highest BCUT2D eigenvalue weighted by atomic mass is 16.5. The van der Waals surface area contributed by atoms with E-state index in [0.29, 0.717) is 13.2 Å². The van der Waals surface area contributed by atoms with Crippen molar-refractivity contribution in [3.8, 4) is 5.75 Å². The smallest absolute Gasteiger partial charge is 0.320 e. The molecule has 1 aliphatic heterocycles. The van der Waals surface area contributed by atoms with Gasteiger partial charge in [-0.25, -0.2) is 0 Å². The van der Waals surface area contributed by atoms with Crippen LogP contribution in [0.1, 0.15) is 30.5 Å². The first kappa shape index (κ1) is 16.5. The molecule has 24 heavy (non-hydrogen) atoms. The van der Waals surface area contributed by atoms with Crippen molar-refractivity contribution in [2.75, 3.05) is 6.54 Å². The minimum Gasteiger partial charge on any atom is -0.487 e. The molecule has 0 radical (unpaired) electrons. The number of pyridine rings is 1. The molecule has 5 nitrogen and oxygen atoms in total. The molecule has 1 unspecified atom stereocenters. The maximum Gasteiger partial charge on any atom is 0.320 e. The fraction of sp³-hybridized carbons (Fsp3) is 0.368. The predicted molar refractivity (Wildman–Crippen MR) is 90.7 cm³/mol. The molecule has 3 rings (SSSR count). The number of aliphatic carboxylic acids is 1. The lowest BCUT2D eigenvalue weighted by atomic mass is 10.0. The maximum absolute atomic E-state index is 11.4.